The summed E-state index contributed by atoms with van der Waals surface area (Å²) in [5, 5.41) is 9.24. The standard InChI is InChI=1S/C13H22N2O3S2/c1-3-13(2,10-16)15-20(17,18)8-7-19-12-6-4-5-11(14)9-12/h4-6,9,15-16H,3,7-8,10,14H2,1-2H3. The minimum Gasteiger partial charge on any atom is -0.399 e. The van der Waals surface area contributed by atoms with Crippen LogP contribution in [0, 0.1) is 0 Å². The molecule has 0 amide bonds. The second-order valence-corrected chi connectivity index (χ2v) is 7.92. The number of anilines is 1. The van der Waals surface area contributed by atoms with E-state index in [4.69, 9.17) is 5.73 Å². The zero-order valence-corrected chi connectivity index (χ0v) is 13.4. The summed E-state index contributed by atoms with van der Waals surface area (Å²) in [6.45, 7) is 3.31. The molecule has 0 fully saturated rings. The summed E-state index contributed by atoms with van der Waals surface area (Å²) in [5.74, 6) is 0.437. The maximum Gasteiger partial charge on any atom is 0.212 e. The van der Waals surface area contributed by atoms with E-state index >= 15 is 0 Å². The van der Waals surface area contributed by atoms with Crippen LogP contribution in [0.2, 0.25) is 0 Å². The number of rotatable bonds is 8. The molecular weight excluding hydrogens is 296 g/mol. The lowest BCUT2D eigenvalue weighted by molar-refractivity contribution is 0.191. The molecular formula is C13H22N2O3S2. The summed E-state index contributed by atoms with van der Waals surface area (Å²) in [4.78, 5) is 0.945. The molecule has 0 aromatic heterocycles. The Morgan fingerprint density at radius 1 is 1.45 bits per heavy atom. The van der Waals surface area contributed by atoms with Crippen LogP contribution in [0.15, 0.2) is 29.2 Å². The van der Waals surface area contributed by atoms with Crippen molar-refractivity contribution in [2.75, 3.05) is 23.8 Å². The van der Waals surface area contributed by atoms with Gasteiger partial charge < -0.3 is 10.8 Å². The molecule has 0 radical (unpaired) electrons. The van der Waals surface area contributed by atoms with E-state index in [1.165, 1.54) is 11.8 Å². The zero-order valence-electron chi connectivity index (χ0n) is 11.8. The van der Waals surface area contributed by atoms with Crippen LogP contribution in [0.1, 0.15) is 20.3 Å². The van der Waals surface area contributed by atoms with Gasteiger partial charge in [-0.2, -0.15) is 0 Å². The number of benzene rings is 1. The fourth-order valence-electron chi connectivity index (χ4n) is 1.52. The van der Waals surface area contributed by atoms with Gasteiger partial charge in [0.2, 0.25) is 10.0 Å². The van der Waals surface area contributed by atoms with Gasteiger partial charge in [-0.15, -0.1) is 11.8 Å². The van der Waals surface area contributed by atoms with Crippen LogP contribution >= 0.6 is 11.8 Å². The van der Waals surface area contributed by atoms with E-state index in [9.17, 15) is 13.5 Å². The summed E-state index contributed by atoms with van der Waals surface area (Å²) in [6.07, 6.45) is 0.533. The van der Waals surface area contributed by atoms with Gasteiger partial charge >= 0.3 is 0 Å². The highest BCUT2D eigenvalue weighted by atomic mass is 32.2. The monoisotopic (exact) mass is 318 g/mol. The van der Waals surface area contributed by atoms with Crippen molar-refractivity contribution in [3.63, 3.8) is 0 Å². The number of hydrogen-bond acceptors (Lipinski definition) is 5. The minimum absolute atomic E-state index is 0.00204. The van der Waals surface area contributed by atoms with E-state index in [0.717, 1.165) is 4.90 Å². The van der Waals surface area contributed by atoms with Gasteiger partial charge in [-0.1, -0.05) is 13.0 Å². The molecule has 0 aliphatic carbocycles. The Kier molecular flexibility index (Phi) is 6.32. The van der Waals surface area contributed by atoms with Gasteiger partial charge in [0, 0.05) is 16.3 Å². The van der Waals surface area contributed by atoms with E-state index in [2.05, 4.69) is 4.72 Å². The van der Waals surface area contributed by atoms with E-state index < -0.39 is 15.6 Å². The smallest absolute Gasteiger partial charge is 0.212 e. The van der Waals surface area contributed by atoms with Crippen molar-refractivity contribution < 1.29 is 13.5 Å². The summed E-state index contributed by atoms with van der Waals surface area (Å²) in [6, 6.07) is 7.33. The van der Waals surface area contributed by atoms with Crippen molar-refractivity contribution in [1.29, 1.82) is 0 Å². The van der Waals surface area contributed by atoms with Crippen LogP contribution in [0.3, 0.4) is 0 Å². The van der Waals surface area contributed by atoms with Gasteiger partial charge in [0.1, 0.15) is 0 Å². The number of thioether (sulfide) groups is 1. The van der Waals surface area contributed by atoms with Crippen LogP contribution in [-0.4, -0.2) is 37.2 Å². The average molecular weight is 318 g/mol. The number of aliphatic hydroxyl groups is 1. The second kappa shape index (κ2) is 7.31. The summed E-state index contributed by atoms with van der Waals surface area (Å²) < 4.78 is 26.5. The van der Waals surface area contributed by atoms with Crippen molar-refractivity contribution in [3.05, 3.63) is 24.3 Å². The van der Waals surface area contributed by atoms with Crippen LogP contribution in [0.25, 0.3) is 0 Å². The molecule has 4 N–H and O–H groups in total. The lowest BCUT2D eigenvalue weighted by Crippen LogP contribution is -2.49. The third-order valence-corrected chi connectivity index (χ3v) is 5.81. The molecule has 114 valence electrons. The molecule has 0 aliphatic heterocycles. The maximum absolute atomic E-state index is 12.0. The molecule has 7 heteroatoms. The number of nitrogens with one attached hydrogen (secondary N) is 1. The number of nitrogens with two attached hydrogens (primary N) is 1. The van der Waals surface area contributed by atoms with Gasteiger partial charge in [-0.25, -0.2) is 13.1 Å². The normalized spacial score (nSPS) is 14.9. The lowest BCUT2D eigenvalue weighted by Gasteiger charge is -2.26. The number of sulfonamides is 1. The maximum atomic E-state index is 12.0. The molecule has 0 heterocycles. The van der Waals surface area contributed by atoms with Gasteiger partial charge in [0.05, 0.1) is 17.9 Å². The molecule has 0 aliphatic rings. The van der Waals surface area contributed by atoms with Gasteiger partial charge in [-0.3, -0.25) is 0 Å². The van der Waals surface area contributed by atoms with Crippen LogP contribution in [0.5, 0.6) is 0 Å². The average Bonchev–Trinajstić information content (AvgIpc) is 2.38. The van der Waals surface area contributed by atoms with E-state index in [1.807, 2.05) is 25.1 Å². The number of nitrogen functional groups attached to an aromatic ring is 1. The first-order chi connectivity index (χ1) is 9.30. The van der Waals surface area contributed by atoms with Crippen molar-refractivity contribution >= 4 is 27.5 Å². The van der Waals surface area contributed by atoms with Gasteiger partial charge in [0.15, 0.2) is 0 Å². The Balaban J connectivity index is 2.52. The SMILES string of the molecule is CCC(C)(CO)NS(=O)(=O)CCSc1cccc(N)c1. The molecule has 1 rings (SSSR count). The molecule has 1 aromatic rings. The van der Waals surface area contributed by atoms with E-state index in [-0.39, 0.29) is 12.4 Å². The Bertz CT molecular complexity index is 528. The Labute approximate surface area is 125 Å². The highest BCUT2D eigenvalue weighted by Gasteiger charge is 2.26. The first kappa shape index (κ1) is 17.3. The predicted molar refractivity (Wildman–Crippen MR) is 84.3 cm³/mol. The van der Waals surface area contributed by atoms with E-state index in [0.29, 0.717) is 17.9 Å². The number of aliphatic hydroxyl groups excluding tert-OH is 1. The van der Waals surface area contributed by atoms with Crippen LogP contribution < -0.4 is 10.5 Å². The lowest BCUT2D eigenvalue weighted by atomic mass is 10.0. The largest absolute Gasteiger partial charge is 0.399 e. The van der Waals surface area contributed by atoms with Crippen LogP contribution in [0.4, 0.5) is 5.69 Å². The second-order valence-electron chi connectivity index (χ2n) is 4.91. The minimum atomic E-state index is -3.41. The fourth-order valence-corrected chi connectivity index (χ4v) is 4.42. The van der Waals surface area contributed by atoms with Crippen molar-refractivity contribution in [2.45, 2.75) is 30.7 Å². The molecule has 1 atom stereocenters. The molecule has 0 bridgehead atoms. The van der Waals surface area contributed by atoms with Crippen molar-refractivity contribution in [2.24, 2.45) is 0 Å². The molecule has 1 aromatic carbocycles. The molecule has 5 nitrogen and oxygen atoms in total. The molecule has 0 spiro atoms. The first-order valence-corrected chi connectivity index (χ1v) is 9.05. The predicted octanol–water partition coefficient (Wildman–Crippen LogP) is 1.44. The Morgan fingerprint density at radius 2 is 2.15 bits per heavy atom. The van der Waals surface area contributed by atoms with Gasteiger partial charge in [0.25, 0.3) is 0 Å². The van der Waals surface area contributed by atoms with Crippen LogP contribution in [-0.2, 0) is 10.0 Å². The third kappa shape index (κ3) is 5.70. The third-order valence-electron chi connectivity index (χ3n) is 3.01. The van der Waals surface area contributed by atoms with E-state index in [1.54, 1.807) is 13.0 Å². The van der Waals surface area contributed by atoms with Crippen molar-refractivity contribution in [1.82, 2.24) is 4.72 Å². The molecule has 0 saturated heterocycles. The molecule has 1 unspecified atom stereocenters. The highest BCUT2D eigenvalue weighted by molar-refractivity contribution is 8.00. The topological polar surface area (TPSA) is 92.4 Å². The Hall–Kier alpha value is -0.760. The zero-order chi connectivity index (χ0) is 15.2. The number of hydrogen-bond donors (Lipinski definition) is 3. The van der Waals surface area contributed by atoms with Gasteiger partial charge in [-0.05, 0) is 31.5 Å². The Morgan fingerprint density at radius 3 is 2.70 bits per heavy atom. The fraction of sp³-hybridized carbons (Fsp3) is 0.538. The summed E-state index contributed by atoms with van der Waals surface area (Å²) >= 11 is 1.44. The quantitative estimate of drug-likeness (QED) is 0.498. The molecule has 0 saturated carbocycles. The summed E-state index contributed by atoms with van der Waals surface area (Å²) in [7, 11) is -3.41. The highest BCUT2D eigenvalue weighted by Crippen LogP contribution is 2.20. The van der Waals surface area contributed by atoms with Crippen molar-refractivity contribution in [3.8, 4) is 0 Å². The summed E-state index contributed by atoms with van der Waals surface area (Å²) in [5.41, 5.74) is 5.53. The first-order valence-electron chi connectivity index (χ1n) is 6.41. The molecule has 20 heavy (non-hydrogen) atoms.